The van der Waals surface area contributed by atoms with Gasteiger partial charge >= 0.3 is 0 Å². The third kappa shape index (κ3) is 4.43. The molecular formula is C27H27NO. The fourth-order valence-corrected chi connectivity index (χ4v) is 3.83. The maximum atomic E-state index is 6.30. The average molecular weight is 382 g/mol. The first-order valence-electron chi connectivity index (χ1n) is 10.2. The van der Waals surface area contributed by atoms with E-state index in [-0.39, 0.29) is 18.2 Å². The quantitative estimate of drug-likeness (QED) is 0.474. The van der Waals surface area contributed by atoms with Crippen molar-refractivity contribution in [2.45, 2.75) is 32.0 Å². The van der Waals surface area contributed by atoms with Crippen LogP contribution >= 0.6 is 0 Å². The number of nitrogens with zero attached hydrogens (tertiary/aromatic N) is 1. The van der Waals surface area contributed by atoms with Gasteiger partial charge in [-0.05, 0) is 43.2 Å². The number of benzene rings is 3. The number of ether oxygens (including phenoxy) is 1. The minimum absolute atomic E-state index is 0.0476. The predicted molar refractivity (Wildman–Crippen MR) is 122 cm³/mol. The van der Waals surface area contributed by atoms with Crippen molar-refractivity contribution in [1.82, 2.24) is 0 Å². The van der Waals surface area contributed by atoms with Crippen LogP contribution in [0.4, 0.5) is 5.69 Å². The van der Waals surface area contributed by atoms with Crippen LogP contribution in [0.1, 0.15) is 31.0 Å². The average Bonchev–Trinajstić information content (AvgIpc) is 3.11. The van der Waals surface area contributed by atoms with Gasteiger partial charge in [-0.2, -0.15) is 0 Å². The molecule has 3 aromatic carbocycles. The molecule has 3 aromatic rings. The first-order chi connectivity index (χ1) is 14.2. The van der Waals surface area contributed by atoms with Gasteiger partial charge in [0.15, 0.2) is 0 Å². The Bertz CT molecular complexity index is 961. The zero-order valence-corrected chi connectivity index (χ0v) is 17.0. The Balaban J connectivity index is 1.77. The van der Waals surface area contributed by atoms with Crippen LogP contribution in [0.15, 0.2) is 109 Å². The fraction of sp³-hybridized carbons (Fsp3) is 0.185. The lowest BCUT2D eigenvalue weighted by atomic mass is 10.0. The summed E-state index contributed by atoms with van der Waals surface area (Å²) in [6.45, 7) is 4.17. The van der Waals surface area contributed by atoms with Gasteiger partial charge in [-0.1, -0.05) is 91.0 Å². The minimum Gasteiger partial charge on any atom is -0.493 e. The molecule has 146 valence electrons. The summed E-state index contributed by atoms with van der Waals surface area (Å²) in [4.78, 5) is 2.44. The van der Waals surface area contributed by atoms with Crippen molar-refractivity contribution in [2.24, 2.45) is 0 Å². The van der Waals surface area contributed by atoms with Crippen LogP contribution < -0.4 is 4.90 Å². The van der Waals surface area contributed by atoms with Gasteiger partial charge in [-0.15, -0.1) is 0 Å². The monoisotopic (exact) mass is 381 g/mol. The summed E-state index contributed by atoms with van der Waals surface area (Å²) < 4.78 is 6.30. The largest absolute Gasteiger partial charge is 0.493 e. The highest BCUT2D eigenvalue weighted by Gasteiger charge is 2.36. The van der Waals surface area contributed by atoms with Crippen LogP contribution in [0.5, 0.6) is 0 Å². The Morgan fingerprint density at radius 2 is 1.38 bits per heavy atom. The van der Waals surface area contributed by atoms with Gasteiger partial charge in [0.05, 0.1) is 12.1 Å². The summed E-state index contributed by atoms with van der Waals surface area (Å²) in [6, 6.07) is 31.8. The van der Waals surface area contributed by atoms with Gasteiger partial charge in [-0.25, -0.2) is 0 Å². The molecule has 0 saturated heterocycles. The van der Waals surface area contributed by atoms with E-state index in [0.717, 1.165) is 5.76 Å². The molecule has 0 unspecified atom stereocenters. The van der Waals surface area contributed by atoms with Crippen molar-refractivity contribution in [3.05, 3.63) is 120 Å². The SMILES string of the molecule is CC(C)OC1=C[C@@H](/C=C\c2ccccc2)N(c2ccccc2)[C@@H]1c1ccccc1. The molecule has 0 aromatic heterocycles. The van der Waals surface area contributed by atoms with E-state index in [4.69, 9.17) is 4.74 Å². The van der Waals surface area contributed by atoms with E-state index in [9.17, 15) is 0 Å². The summed E-state index contributed by atoms with van der Waals surface area (Å²) >= 11 is 0. The molecule has 2 heteroatoms. The van der Waals surface area contributed by atoms with Gasteiger partial charge in [0.2, 0.25) is 0 Å². The summed E-state index contributed by atoms with van der Waals surface area (Å²) in [5.74, 6) is 1.01. The normalized spacial score (nSPS) is 19.0. The lowest BCUT2D eigenvalue weighted by molar-refractivity contribution is 0.136. The van der Waals surface area contributed by atoms with Crippen molar-refractivity contribution in [3.8, 4) is 0 Å². The summed E-state index contributed by atoms with van der Waals surface area (Å²) in [7, 11) is 0. The molecule has 0 N–H and O–H groups in total. The predicted octanol–water partition coefficient (Wildman–Crippen LogP) is 6.64. The molecule has 0 aliphatic carbocycles. The standard InChI is InChI=1S/C27H27NO/c1-21(2)29-26-20-25(19-18-22-12-6-3-7-13-22)28(24-16-10-5-11-17-24)27(26)23-14-8-4-9-15-23/h3-21,25,27H,1-2H3/b19-18-/t25-,27-/m1/s1. The van der Waals surface area contributed by atoms with Crippen molar-refractivity contribution in [2.75, 3.05) is 4.90 Å². The molecule has 0 radical (unpaired) electrons. The number of rotatable bonds is 6. The number of hydrogen-bond donors (Lipinski definition) is 0. The second kappa shape index (κ2) is 8.83. The van der Waals surface area contributed by atoms with E-state index in [1.54, 1.807) is 0 Å². The lowest BCUT2D eigenvalue weighted by Crippen LogP contribution is -2.32. The minimum atomic E-state index is 0.0476. The Morgan fingerprint density at radius 1 is 0.793 bits per heavy atom. The van der Waals surface area contributed by atoms with E-state index < -0.39 is 0 Å². The molecule has 2 nitrogen and oxygen atoms in total. The highest BCUT2D eigenvalue weighted by Crippen LogP contribution is 2.41. The highest BCUT2D eigenvalue weighted by atomic mass is 16.5. The second-order valence-corrected chi connectivity index (χ2v) is 7.55. The van der Waals surface area contributed by atoms with Gasteiger partial charge < -0.3 is 9.64 Å². The number of anilines is 1. The van der Waals surface area contributed by atoms with Crippen LogP contribution in [-0.4, -0.2) is 12.1 Å². The Labute approximate surface area is 173 Å². The highest BCUT2D eigenvalue weighted by molar-refractivity contribution is 5.60. The topological polar surface area (TPSA) is 12.5 Å². The Hall–Kier alpha value is -3.26. The van der Waals surface area contributed by atoms with E-state index in [1.165, 1.54) is 16.8 Å². The van der Waals surface area contributed by atoms with Gasteiger partial charge in [-0.3, -0.25) is 0 Å². The Kier molecular flexibility index (Phi) is 5.81. The maximum absolute atomic E-state index is 6.30. The zero-order valence-electron chi connectivity index (χ0n) is 17.0. The maximum Gasteiger partial charge on any atom is 0.122 e. The van der Waals surface area contributed by atoms with E-state index in [2.05, 4.69) is 122 Å². The summed E-state index contributed by atoms with van der Waals surface area (Å²) in [5, 5.41) is 0. The summed E-state index contributed by atoms with van der Waals surface area (Å²) in [6.07, 6.45) is 6.83. The van der Waals surface area contributed by atoms with Crippen molar-refractivity contribution in [3.63, 3.8) is 0 Å². The molecule has 1 heterocycles. The second-order valence-electron chi connectivity index (χ2n) is 7.55. The first-order valence-corrected chi connectivity index (χ1v) is 10.2. The lowest BCUT2D eigenvalue weighted by Gasteiger charge is -2.33. The van der Waals surface area contributed by atoms with Gasteiger partial charge in [0, 0.05) is 5.69 Å². The van der Waals surface area contributed by atoms with E-state index in [1.807, 2.05) is 6.07 Å². The molecule has 2 atom stereocenters. The number of para-hydroxylation sites is 1. The molecular weight excluding hydrogens is 354 g/mol. The first kappa shape index (κ1) is 19.1. The van der Waals surface area contributed by atoms with E-state index >= 15 is 0 Å². The summed E-state index contributed by atoms with van der Waals surface area (Å²) in [5.41, 5.74) is 3.62. The third-order valence-corrected chi connectivity index (χ3v) is 5.03. The number of hydrogen-bond acceptors (Lipinski definition) is 2. The smallest absolute Gasteiger partial charge is 0.122 e. The van der Waals surface area contributed by atoms with Crippen LogP contribution in [0.25, 0.3) is 6.08 Å². The Morgan fingerprint density at radius 3 is 2.00 bits per heavy atom. The molecule has 0 bridgehead atoms. The van der Waals surface area contributed by atoms with E-state index in [0.29, 0.717) is 0 Å². The van der Waals surface area contributed by atoms with Gasteiger partial charge in [0.1, 0.15) is 11.8 Å². The van der Waals surface area contributed by atoms with Crippen LogP contribution in [0.3, 0.4) is 0 Å². The molecule has 1 aliphatic heterocycles. The molecule has 0 amide bonds. The molecule has 1 aliphatic rings. The van der Waals surface area contributed by atoms with Crippen LogP contribution in [0, 0.1) is 0 Å². The van der Waals surface area contributed by atoms with Crippen molar-refractivity contribution < 1.29 is 4.74 Å². The molecule has 4 rings (SSSR count). The van der Waals surface area contributed by atoms with Crippen LogP contribution in [-0.2, 0) is 4.74 Å². The fourth-order valence-electron chi connectivity index (χ4n) is 3.83. The van der Waals surface area contributed by atoms with Gasteiger partial charge in [0.25, 0.3) is 0 Å². The molecule has 0 saturated carbocycles. The molecule has 0 fully saturated rings. The third-order valence-electron chi connectivity index (χ3n) is 5.03. The van der Waals surface area contributed by atoms with Crippen LogP contribution in [0.2, 0.25) is 0 Å². The van der Waals surface area contributed by atoms with Crippen molar-refractivity contribution >= 4 is 11.8 Å². The molecule has 29 heavy (non-hydrogen) atoms. The molecule has 0 spiro atoms. The van der Waals surface area contributed by atoms with Crippen molar-refractivity contribution in [1.29, 1.82) is 0 Å². The zero-order chi connectivity index (χ0) is 20.1.